The first kappa shape index (κ1) is 16.3. The minimum Gasteiger partial charge on any atom is -0.262 e. The van der Waals surface area contributed by atoms with Crippen LogP contribution in [0.4, 0.5) is 5.69 Å². The highest BCUT2D eigenvalue weighted by Gasteiger charge is 2.23. The number of nitrogens with zero attached hydrogens (tertiary/aromatic N) is 1. The summed E-state index contributed by atoms with van der Waals surface area (Å²) in [6, 6.07) is 13.7. The van der Waals surface area contributed by atoms with Crippen LogP contribution in [0.1, 0.15) is 0 Å². The lowest BCUT2D eigenvalue weighted by molar-refractivity contribution is 0.593. The van der Waals surface area contributed by atoms with E-state index in [1.54, 1.807) is 48.5 Å². The zero-order valence-electron chi connectivity index (χ0n) is 11.0. The number of anilines is 1. The first-order chi connectivity index (χ1) is 9.95. The minimum atomic E-state index is -3.63. The van der Waals surface area contributed by atoms with Crippen LogP contribution in [-0.2, 0) is 10.0 Å². The molecule has 0 spiro atoms. The number of hydrogen-bond donors (Lipinski definition) is 0. The number of halogens is 2. The molecule has 0 unspecified atom stereocenters. The molecule has 0 atom stereocenters. The highest BCUT2D eigenvalue weighted by Crippen LogP contribution is 2.26. The van der Waals surface area contributed by atoms with E-state index in [9.17, 15) is 8.42 Å². The maximum Gasteiger partial charge on any atom is 0.264 e. The quantitative estimate of drug-likeness (QED) is 0.650. The summed E-state index contributed by atoms with van der Waals surface area (Å²) in [7, 11) is -3.63. The molecule has 0 saturated heterocycles. The molecule has 0 aliphatic carbocycles. The van der Waals surface area contributed by atoms with Crippen molar-refractivity contribution in [1.29, 1.82) is 0 Å². The second kappa shape index (κ2) is 6.77. The smallest absolute Gasteiger partial charge is 0.262 e. The van der Waals surface area contributed by atoms with E-state index in [-0.39, 0.29) is 11.4 Å². The van der Waals surface area contributed by atoms with Crippen molar-refractivity contribution in [3.8, 4) is 0 Å². The standard InChI is InChI=1S/C15H13Br2NO2S/c1-2-10-18(14-5-3-4-13(17)11-14)21(19,20)15-8-6-12(16)7-9-15/h2-9,11H,1,10H2. The maximum atomic E-state index is 12.8. The molecular formula is C15H13Br2NO2S. The van der Waals surface area contributed by atoms with E-state index in [0.29, 0.717) is 5.69 Å². The monoisotopic (exact) mass is 429 g/mol. The second-order valence-electron chi connectivity index (χ2n) is 4.26. The number of benzene rings is 2. The molecular weight excluding hydrogens is 418 g/mol. The molecule has 3 nitrogen and oxygen atoms in total. The second-order valence-corrected chi connectivity index (χ2v) is 7.95. The van der Waals surface area contributed by atoms with Crippen LogP contribution in [0.15, 0.2) is 75.0 Å². The average Bonchev–Trinajstić information content (AvgIpc) is 2.45. The largest absolute Gasteiger partial charge is 0.264 e. The van der Waals surface area contributed by atoms with Crippen molar-refractivity contribution in [3.05, 3.63) is 70.1 Å². The Balaban J connectivity index is 2.50. The van der Waals surface area contributed by atoms with Crippen molar-refractivity contribution in [2.45, 2.75) is 4.90 Å². The van der Waals surface area contributed by atoms with Gasteiger partial charge in [-0.2, -0.15) is 0 Å². The Hall–Kier alpha value is -1.11. The summed E-state index contributed by atoms with van der Waals surface area (Å²) in [6.07, 6.45) is 1.57. The van der Waals surface area contributed by atoms with Gasteiger partial charge in [-0.15, -0.1) is 6.58 Å². The molecule has 110 valence electrons. The molecule has 0 amide bonds. The van der Waals surface area contributed by atoms with Gasteiger partial charge in [0.15, 0.2) is 0 Å². The summed E-state index contributed by atoms with van der Waals surface area (Å²) in [5, 5.41) is 0. The fourth-order valence-corrected chi connectivity index (χ4v) is 3.90. The summed E-state index contributed by atoms with van der Waals surface area (Å²) >= 11 is 6.66. The maximum absolute atomic E-state index is 12.8. The summed E-state index contributed by atoms with van der Waals surface area (Å²) in [5.74, 6) is 0. The Labute approximate surface area is 141 Å². The zero-order chi connectivity index (χ0) is 15.5. The summed E-state index contributed by atoms with van der Waals surface area (Å²) < 4.78 is 28.6. The number of rotatable bonds is 5. The van der Waals surface area contributed by atoms with Gasteiger partial charge in [-0.1, -0.05) is 44.0 Å². The molecule has 0 fully saturated rings. The van der Waals surface area contributed by atoms with Gasteiger partial charge in [-0.05, 0) is 42.5 Å². The predicted molar refractivity (Wildman–Crippen MR) is 93.0 cm³/mol. The summed E-state index contributed by atoms with van der Waals surface area (Å²) in [6.45, 7) is 3.85. The first-order valence-corrected chi connectivity index (χ1v) is 9.12. The van der Waals surface area contributed by atoms with Crippen LogP contribution in [0.2, 0.25) is 0 Å². The van der Waals surface area contributed by atoms with Gasteiger partial charge in [0.1, 0.15) is 0 Å². The van der Waals surface area contributed by atoms with Crippen molar-refractivity contribution in [2.75, 3.05) is 10.8 Å². The van der Waals surface area contributed by atoms with Crippen LogP contribution in [0.3, 0.4) is 0 Å². The lowest BCUT2D eigenvalue weighted by Crippen LogP contribution is -2.31. The van der Waals surface area contributed by atoms with E-state index in [1.165, 1.54) is 4.31 Å². The van der Waals surface area contributed by atoms with E-state index in [1.807, 2.05) is 6.07 Å². The van der Waals surface area contributed by atoms with E-state index in [0.717, 1.165) is 8.95 Å². The van der Waals surface area contributed by atoms with Crippen LogP contribution >= 0.6 is 31.9 Å². The van der Waals surface area contributed by atoms with E-state index < -0.39 is 10.0 Å². The highest BCUT2D eigenvalue weighted by atomic mass is 79.9. The van der Waals surface area contributed by atoms with Crippen LogP contribution in [0.25, 0.3) is 0 Å². The van der Waals surface area contributed by atoms with Gasteiger partial charge in [-0.3, -0.25) is 4.31 Å². The third-order valence-electron chi connectivity index (χ3n) is 2.79. The van der Waals surface area contributed by atoms with E-state index in [4.69, 9.17) is 0 Å². The molecule has 0 aliphatic heterocycles. The predicted octanol–water partition coefficient (Wildman–Crippen LogP) is 4.59. The summed E-state index contributed by atoms with van der Waals surface area (Å²) in [4.78, 5) is 0.243. The van der Waals surface area contributed by atoms with Crippen LogP contribution in [-0.4, -0.2) is 15.0 Å². The average molecular weight is 431 g/mol. The van der Waals surface area contributed by atoms with E-state index in [2.05, 4.69) is 38.4 Å². The first-order valence-electron chi connectivity index (χ1n) is 6.10. The van der Waals surface area contributed by atoms with Crippen LogP contribution in [0.5, 0.6) is 0 Å². The molecule has 2 aromatic carbocycles. The molecule has 0 saturated carbocycles. The van der Waals surface area contributed by atoms with Crippen molar-refractivity contribution in [2.24, 2.45) is 0 Å². The topological polar surface area (TPSA) is 37.4 Å². The molecule has 2 rings (SSSR count). The Morgan fingerprint density at radius 1 is 1.05 bits per heavy atom. The van der Waals surface area contributed by atoms with Gasteiger partial charge in [0.05, 0.1) is 17.1 Å². The number of sulfonamides is 1. The van der Waals surface area contributed by atoms with Gasteiger partial charge >= 0.3 is 0 Å². The Morgan fingerprint density at radius 2 is 1.71 bits per heavy atom. The third kappa shape index (κ3) is 3.75. The molecule has 0 bridgehead atoms. The molecule has 0 aliphatic rings. The van der Waals surface area contributed by atoms with Crippen molar-refractivity contribution in [3.63, 3.8) is 0 Å². The lowest BCUT2D eigenvalue weighted by Gasteiger charge is -2.23. The molecule has 0 heterocycles. The van der Waals surface area contributed by atoms with Crippen molar-refractivity contribution >= 4 is 47.6 Å². The molecule has 0 aromatic heterocycles. The van der Waals surface area contributed by atoms with Gasteiger partial charge in [0, 0.05) is 8.95 Å². The summed E-state index contributed by atoms with van der Waals surface area (Å²) in [5.41, 5.74) is 0.590. The van der Waals surface area contributed by atoms with Crippen LogP contribution in [0, 0.1) is 0 Å². The molecule has 0 N–H and O–H groups in total. The minimum absolute atomic E-state index is 0.203. The van der Waals surface area contributed by atoms with Crippen molar-refractivity contribution < 1.29 is 8.42 Å². The molecule has 2 aromatic rings. The normalized spacial score (nSPS) is 11.1. The van der Waals surface area contributed by atoms with Gasteiger partial charge < -0.3 is 0 Å². The zero-order valence-corrected chi connectivity index (χ0v) is 15.0. The van der Waals surface area contributed by atoms with Crippen molar-refractivity contribution in [1.82, 2.24) is 0 Å². The Bertz CT molecular complexity index is 743. The molecule has 21 heavy (non-hydrogen) atoms. The van der Waals surface area contributed by atoms with Gasteiger partial charge in [0.2, 0.25) is 0 Å². The molecule has 6 heteroatoms. The Morgan fingerprint density at radius 3 is 2.29 bits per heavy atom. The number of hydrogen-bond acceptors (Lipinski definition) is 2. The lowest BCUT2D eigenvalue weighted by atomic mass is 10.3. The highest BCUT2D eigenvalue weighted by molar-refractivity contribution is 9.10. The van der Waals surface area contributed by atoms with E-state index >= 15 is 0 Å². The van der Waals surface area contributed by atoms with Gasteiger partial charge in [0.25, 0.3) is 10.0 Å². The fraction of sp³-hybridized carbons (Fsp3) is 0.0667. The third-order valence-corrected chi connectivity index (χ3v) is 5.62. The Kier molecular flexibility index (Phi) is 5.24. The fourth-order valence-electron chi connectivity index (χ4n) is 1.82. The van der Waals surface area contributed by atoms with Crippen LogP contribution < -0.4 is 4.31 Å². The molecule has 0 radical (unpaired) electrons. The van der Waals surface area contributed by atoms with Gasteiger partial charge in [-0.25, -0.2) is 8.42 Å². The SMILES string of the molecule is C=CCN(c1cccc(Br)c1)S(=O)(=O)c1ccc(Br)cc1.